The molecule has 14 rings (SSSR count). The largest absolute Gasteiger partial charge is 0.497 e. The molecule has 5 aromatic carbocycles. The molecule has 4 saturated heterocycles. The average Bonchev–Trinajstić information content (AvgIpc) is 1.68. The average molecular weight is 1910 g/mol. The number of nitrogens with one attached hydrogen (secondary N) is 4. The third kappa shape index (κ3) is 31.9. The summed E-state index contributed by atoms with van der Waals surface area (Å²) in [6.45, 7) is 19.7. The van der Waals surface area contributed by atoms with Crippen molar-refractivity contribution in [2.75, 3.05) is 114 Å². The number of nitriles is 1. The minimum Gasteiger partial charge on any atom is -0.497 e. The second-order valence-electron chi connectivity index (χ2n) is 30.2. The summed E-state index contributed by atoms with van der Waals surface area (Å²) in [5.41, 5.74) is 10.2. The van der Waals surface area contributed by atoms with Crippen molar-refractivity contribution in [3.05, 3.63) is 181 Å². The number of aromatic nitrogens is 5. The molecule has 40 heteroatoms. The number of methoxy groups -OCH3 is 5. The zero-order valence-electron chi connectivity index (χ0n) is 71.6. The Morgan fingerprint density at radius 3 is 1.11 bits per heavy atom. The topological polar surface area (TPSA) is 437 Å². The molecule has 126 heavy (non-hydrogen) atoms. The highest BCUT2D eigenvalue weighted by Crippen LogP contribution is 2.37. The molecular weight excluding hydrogens is 1800 g/mol. The van der Waals surface area contributed by atoms with E-state index in [0.717, 1.165) is 106 Å². The summed E-state index contributed by atoms with van der Waals surface area (Å²) in [4.78, 5) is 109. The Hall–Kier alpha value is -10.9. The lowest BCUT2D eigenvalue weighted by Gasteiger charge is -2.20. The van der Waals surface area contributed by atoms with Crippen LogP contribution in [0.3, 0.4) is 0 Å². The summed E-state index contributed by atoms with van der Waals surface area (Å²) >= 11 is 9.92. The van der Waals surface area contributed by atoms with Gasteiger partial charge in [-0.1, -0.05) is 66.7 Å². The van der Waals surface area contributed by atoms with Gasteiger partial charge in [0.05, 0.1) is 57.8 Å². The fourth-order valence-corrected chi connectivity index (χ4v) is 17.0. The maximum absolute atomic E-state index is 12.8. The Morgan fingerprint density at radius 2 is 0.810 bits per heavy atom. The minimum atomic E-state index is -1.47. The number of para-hydroxylation sites is 5. The molecule has 5 aromatic heterocycles. The Balaban J connectivity index is 0.000000207. The SMILES string of the molecule is CC(C)(C)OC(=O)NC[C@@H]1CCNC1.COc1ccccc1-c1nc(C(=O)N2CC[C@@H](CN)C2)cs1.COc1ccccc1-c1nc(C(=O)N2CC[C@@H](CNC#N)C2)cs1.COc1ccccc1-c1nc(C(=O)N2CC[C@@H](CNC(=O)OC(C)(C)C)C2)cs1.COc1ccccc1-c1nc(C(=O)O)cs1.COc1ccccc1B(O)O.Cl.O=C(O)c1csc(Br)n1. The first-order valence-corrected chi connectivity index (χ1v) is 44.8. The number of thiazole rings is 5. The molecule has 0 spiro atoms. The number of nitrogens with two attached hydrogens (primary N) is 1. The summed E-state index contributed by atoms with van der Waals surface area (Å²) in [5, 5.41) is 66.2. The maximum Gasteiger partial charge on any atom is 0.492 e. The number of amides is 5. The van der Waals surface area contributed by atoms with Crippen LogP contribution in [-0.4, -0.2) is 234 Å². The van der Waals surface area contributed by atoms with Crippen LogP contribution in [0.15, 0.2) is 152 Å². The molecule has 5 amide bonds. The van der Waals surface area contributed by atoms with Gasteiger partial charge in [0, 0.05) is 91.3 Å². The van der Waals surface area contributed by atoms with Crippen molar-refractivity contribution in [1.82, 2.24) is 60.9 Å². The first-order chi connectivity index (χ1) is 59.9. The van der Waals surface area contributed by atoms with E-state index in [0.29, 0.717) is 113 Å². The number of nitrogens with zero attached hydrogens (tertiary/aromatic N) is 9. The molecule has 4 fully saturated rings. The monoisotopic (exact) mass is 1910 g/mol. The standard InChI is InChI=1S/C21H27N3O4S.C17H18N4O2S.C16H19N3O2S.C11H9NO3S.C10H20N2O2.C7H9BO3.C4H2BrNO2S.ClH/c1-21(2,3)28-20(26)22-11-14-9-10-24(12-14)19(25)16-13-29-18(23-16)15-7-5-6-8-17(15)27-4;1-23-15-5-3-2-4-13(15)16-20-14(10-24-16)17(22)21-7-6-12(9-21)8-19-11-18;1-21-14-5-3-2-4-12(14)15-18-13(10-22-15)16(20)19-7-6-11(8-17)9-19;1-15-9-5-3-2-4-7(9)10-12-8(6-16-10)11(13)14;1-10(2,3)14-9(13)12-7-8-4-5-11-6-8;1-11-7-5-3-2-4-6(7)8(9)10;5-4-6-2(1-9-4)3(7)8;/h5-8,13-14H,9-12H2,1-4H3,(H,22,26);2-5,10,12,19H,6-9H2,1H3;2-5,10-11H,6-9,17H2,1H3;2-6H,1H3,(H,13,14);8,11H,4-7H2,1-3H3,(H,12,13);2-5,9-10H,1H3;1H,(H,7,8);1H/t14-;12-;11-;;8-;;;/m000.1.../s1. The number of aromatic carboxylic acids is 2. The number of ether oxygens (including phenoxy) is 7. The van der Waals surface area contributed by atoms with E-state index in [2.05, 4.69) is 62.1 Å². The predicted octanol–water partition coefficient (Wildman–Crippen LogP) is 13.4. The van der Waals surface area contributed by atoms with Crippen molar-refractivity contribution in [2.24, 2.45) is 29.4 Å². The Morgan fingerprint density at radius 1 is 0.484 bits per heavy atom. The van der Waals surface area contributed by atoms with Gasteiger partial charge >= 0.3 is 31.2 Å². The van der Waals surface area contributed by atoms with Crippen LogP contribution in [0, 0.1) is 35.1 Å². The van der Waals surface area contributed by atoms with E-state index >= 15 is 0 Å². The first-order valence-electron chi connectivity index (χ1n) is 39.6. The zero-order chi connectivity index (χ0) is 90.8. The number of halogens is 2. The summed E-state index contributed by atoms with van der Waals surface area (Å²) in [6.07, 6.45) is 5.04. The molecule has 0 aliphatic carbocycles. The van der Waals surface area contributed by atoms with E-state index in [9.17, 15) is 33.6 Å². The fourth-order valence-electron chi connectivity index (χ4n) is 12.7. The summed E-state index contributed by atoms with van der Waals surface area (Å²) in [6, 6.07) is 37.1. The highest BCUT2D eigenvalue weighted by Gasteiger charge is 2.33. The number of likely N-dealkylation sites (tertiary alicyclic amines) is 3. The molecule has 32 nitrogen and oxygen atoms in total. The third-order valence-electron chi connectivity index (χ3n) is 18.9. The highest BCUT2D eigenvalue weighted by atomic mass is 79.9. The van der Waals surface area contributed by atoms with Gasteiger partial charge in [0.15, 0.2) is 21.5 Å². The smallest absolute Gasteiger partial charge is 0.492 e. The zero-order valence-corrected chi connectivity index (χ0v) is 78.1. The molecule has 4 atom stereocenters. The van der Waals surface area contributed by atoms with Crippen LogP contribution in [0.25, 0.3) is 42.3 Å². The third-order valence-corrected chi connectivity index (χ3v) is 23.8. The van der Waals surface area contributed by atoms with Crippen molar-refractivity contribution in [1.29, 1.82) is 5.26 Å². The normalized spacial score (nSPS) is 15.3. The summed E-state index contributed by atoms with van der Waals surface area (Å²) < 4.78 is 37.2. The van der Waals surface area contributed by atoms with Gasteiger partial charge in [-0.15, -0.1) is 69.1 Å². The van der Waals surface area contributed by atoms with Crippen LogP contribution >= 0.6 is 85.0 Å². The fraction of sp³-hybridized carbons (Fsp3) is 0.384. The lowest BCUT2D eigenvalue weighted by atomic mass is 9.80. The molecule has 10 N–H and O–H groups in total. The molecule has 9 heterocycles. The molecule has 674 valence electrons. The van der Waals surface area contributed by atoms with E-state index in [1.807, 2.05) is 160 Å². The van der Waals surface area contributed by atoms with E-state index in [-0.39, 0.29) is 53.5 Å². The first kappa shape index (κ1) is 102. The number of carbonyl (C=O) groups excluding carboxylic acids is 5. The Bertz CT molecular complexity index is 5210. The molecule has 4 aliphatic rings. The predicted molar refractivity (Wildman–Crippen MR) is 494 cm³/mol. The van der Waals surface area contributed by atoms with Crippen molar-refractivity contribution in [3.63, 3.8) is 0 Å². The lowest BCUT2D eigenvalue weighted by Crippen LogP contribution is -2.36. The molecule has 10 aromatic rings. The lowest BCUT2D eigenvalue weighted by molar-refractivity contribution is 0.0508. The van der Waals surface area contributed by atoms with E-state index in [1.165, 1.54) is 74.6 Å². The van der Waals surface area contributed by atoms with Gasteiger partial charge in [0.25, 0.3) is 17.7 Å². The summed E-state index contributed by atoms with van der Waals surface area (Å²) in [7, 11) is 6.47. The number of carboxylic acids is 2. The van der Waals surface area contributed by atoms with Crippen LogP contribution in [0.5, 0.6) is 28.7 Å². The van der Waals surface area contributed by atoms with Gasteiger partial charge in [-0.3, -0.25) is 14.4 Å². The van der Waals surface area contributed by atoms with E-state index in [1.54, 1.807) is 68.4 Å². The molecule has 0 saturated carbocycles. The molecule has 4 aliphatic heterocycles. The number of rotatable bonds is 22. The molecule has 0 radical (unpaired) electrons. The second-order valence-corrected chi connectivity index (χ2v) is 35.8. The van der Waals surface area contributed by atoms with Crippen LogP contribution < -0.4 is 56.1 Å². The number of hydrogen-bond acceptors (Lipinski definition) is 30. The van der Waals surface area contributed by atoms with Crippen molar-refractivity contribution < 1.29 is 87.0 Å². The Kier molecular flexibility index (Phi) is 41.4. The molecule has 0 unspecified atom stereocenters. The molecular formula is C86H105BBrClN14O18S5. The van der Waals surface area contributed by atoms with Gasteiger partial charge in [-0.05, 0) is 181 Å². The highest BCUT2D eigenvalue weighted by molar-refractivity contribution is 9.11. The second kappa shape index (κ2) is 51.0. The van der Waals surface area contributed by atoms with Crippen LogP contribution in [0.1, 0.15) is 120 Å². The van der Waals surface area contributed by atoms with Gasteiger partial charge < -0.3 is 95.1 Å². The summed E-state index contributed by atoms with van der Waals surface area (Å²) in [5.74, 6) is 2.77. The van der Waals surface area contributed by atoms with E-state index in [4.69, 9.17) is 64.4 Å². The van der Waals surface area contributed by atoms with Crippen molar-refractivity contribution in [2.45, 2.75) is 78.4 Å². The number of carboxylic acid groups (broad SMARTS) is 2. The minimum absolute atomic E-state index is 0. The van der Waals surface area contributed by atoms with Gasteiger partial charge in [0.1, 0.15) is 77.1 Å². The van der Waals surface area contributed by atoms with Gasteiger partial charge in [0.2, 0.25) is 0 Å². The number of alkyl carbamates (subject to hydrolysis) is 2. The molecule has 0 bridgehead atoms. The maximum atomic E-state index is 12.8. The van der Waals surface area contributed by atoms with E-state index < -0.39 is 36.4 Å². The van der Waals surface area contributed by atoms with Crippen LogP contribution in [0.4, 0.5) is 9.59 Å². The van der Waals surface area contributed by atoms with Crippen LogP contribution in [0.2, 0.25) is 0 Å². The number of hydrogen-bond donors (Lipinski definition) is 9. The Labute approximate surface area is 766 Å². The van der Waals surface area contributed by atoms with Gasteiger partial charge in [-0.2, -0.15) is 5.26 Å². The van der Waals surface area contributed by atoms with Gasteiger partial charge in [-0.25, -0.2) is 44.1 Å². The van der Waals surface area contributed by atoms with Crippen LogP contribution in [-0.2, 0) is 9.47 Å². The quantitative estimate of drug-likeness (QED) is 0.0173. The van der Waals surface area contributed by atoms with Crippen molar-refractivity contribution >= 4 is 139 Å². The number of carbonyl (C=O) groups is 7. The van der Waals surface area contributed by atoms with Crippen molar-refractivity contribution in [3.8, 4) is 77.2 Å². The number of benzene rings is 5.